The standard InChI is InChI=1S/C20H23F3N4O2.HI/c1-3-13(2)26-18(28)15-6-4-5-14(11-15)12-25-19(24)27-16-7-9-17(10-8-16)29-20(21,22)23;/h4-11,13H,3,12H2,1-2H3,(H,26,28)(H3,24,25,27);1H. The summed E-state index contributed by atoms with van der Waals surface area (Å²) in [6.45, 7) is 4.15. The summed E-state index contributed by atoms with van der Waals surface area (Å²) in [6, 6.07) is 12.2. The maximum Gasteiger partial charge on any atom is 0.573 e. The van der Waals surface area contributed by atoms with Crippen LogP contribution in [0.3, 0.4) is 0 Å². The highest BCUT2D eigenvalue weighted by molar-refractivity contribution is 14.0. The third-order valence-corrected chi connectivity index (χ3v) is 3.97. The molecule has 0 saturated carbocycles. The molecule has 2 rings (SSSR count). The highest BCUT2D eigenvalue weighted by Crippen LogP contribution is 2.23. The summed E-state index contributed by atoms with van der Waals surface area (Å²) >= 11 is 0. The number of rotatable bonds is 7. The van der Waals surface area contributed by atoms with Crippen molar-refractivity contribution < 1.29 is 22.7 Å². The van der Waals surface area contributed by atoms with E-state index >= 15 is 0 Å². The van der Waals surface area contributed by atoms with Crippen molar-refractivity contribution in [1.82, 2.24) is 5.32 Å². The van der Waals surface area contributed by atoms with Gasteiger partial charge in [0.2, 0.25) is 0 Å². The Hall–Kier alpha value is -2.50. The van der Waals surface area contributed by atoms with Crippen molar-refractivity contribution in [3.8, 4) is 5.75 Å². The molecule has 1 amide bonds. The van der Waals surface area contributed by atoms with E-state index in [0.717, 1.165) is 12.0 Å². The molecule has 0 heterocycles. The van der Waals surface area contributed by atoms with Crippen molar-refractivity contribution in [3.05, 3.63) is 59.7 Å². The first kappa shape index (κ1) is 25.5. The lowest BCUT2D eigenvalue weighted by atomic mass is 10.1. The molecule has 2 aromatic rings. The van der Waals surface area contributed by atoms with Crippen LogP contribution in [0.2, 0.25) is 0 Å². The average molecular weight is 536 g/mol. The molecule has 164 valence electrons. The molecule has 0 radical (unpaired) electrons. The molecule has 1 atom stereocenters. The van der Waals surface area contributed by atoms with Gasteiger partial charge in [-0.2, -0.15) is 0 Å². The van der Waals surface area contributed by atoms with Crippen molar-refractivity contribution in [2.75, 3.05) is 5.32 Å². The van der Waals surface area contributed by atoms with E-state index in [1.165, 1.54) is 24.3 Å². The number of amides is 1. The van der Waals surface area contributed by atoms with Gasteiger partial charge >= 0.3 is 6.36 Å². The third-order valence-electron chi connectivity index (χ3n) is 3.97. The van der Waals surface area contributed by atoms with Crippen molar-refractivity contribution >= 4 is 41.5 Å². The van der Waals surface area contributed by atoms with Crippen LogP contribution >= 0.6 is 24.0 Å². The Morgan fingerprint density at radius 1 is 1.20 bits per heavy atom. The molecule has 2 aromatic carbocycles. The first-order chi connectivity index (χ1) is 13.7. The number of nitrogens with zero attached hydrogens (tertiary/aromatic N) is 1. The van der Waals surface area contributed by atoms with E-state index in [1.54, 1.807) is 18.2 Å². The monoisotopic (exact) mass is 536 g/mol. The SMILES string of the molecule is CCC(C)NC(=O)c1cccc(CN=C(N)Nc2ccc(OC(F)(F)F)cc2)c1.I. The predicted octanol–water partition coefficient (Wildman–Crippen LogP) is 4.66. The summed E-state index contributed by atoms with van der Waals surface area (Å²) in [4.78, 5) is 16.4. The molecule has 0 bridgehead atoms. The second-order valence-corrected chi connectivity index (χ2v) is 6.38. The van der Waals surface area contributed by atoms with Gasteiger partial charge in [-0.15, -0.1) is 37.1 Å². The average Bonchev–Trinajstić information content (AvgIpc) is 2.67. The molecule has 30 heavy (non-hydrogen) atoms. The number of carbonyl (C=O) groups excluding carboxylic acids is 1. The number of ether oxygens (including phenoxy) is 1. The van der Waals surface area contributed by atoms with E-state index < -0.39 is 6.36 Å². The van der Waals surface area contributed by atoms with Crippen LogP contribution in [0.4, 0.5) is 18.9 Å². The second kappa shape index (κ2) is 11.6. The van der Waals surface area contributed by atoms with Gasteiger partial charge in [0, 0.05) is 17.3 Å². The molecule has 0 saturated heterocycles. The van der Waals surface area contributed by atoms with E-state index in [0.29, 0.717) is 11.3 Å². The lowest BCUT2D eigenvalue weighted by Gasteiger charge is -2.12. The topological polar surface area (TPSA) is 88.7 Å². The van der Waals surface area contributed by atoms with E-state index in [1.807, 2.05) is 19.9 Å². The van der Waals surface area contributed by atoms with Gasteiger partial charge in [-0.1, -0.05) is 19.1 Å². The van der Waals surface area contributed by atoms with Gasteiger partial charge in [0.25, 0.3) is 5.91 Å². The number of nitrogens with two attached hydrogens (primary N) is 1. The zero-order chi connectivity index (χ0) is 21.4. The molecular weight excluding hydrogens is 512 g/mol. The number of guanidine groups is 1. The van der Waals surface area contributed by atoms with E-state index in [-0.39, 0.29) is 54.2 Å². The highest BCUT2D eigenvalue weighted by Gasteiger charge is 2.30. The zero-order valence-corrected chi connectivity index (χ0v) is 18.8. The number of aliphatic imine (C=N–C) groups is 1. The van der Waals surface area contributed by atoms with Crippen molar-refractivity contribution in [2.45, 2.75) is 39.2 Å². The van der Waals surface area contributed by atoms with Crippen LogP contribution in [0, 0.1) is 0 Å². The molecule has 6 nitrogen and oxygen atoms in total. The molecule has 0 spiro atoms. The Morgan fingerprint density at radius 3 is 2.47 bits per heavy atom. The van der Waals surface area contributed by atoms with Gasteiger partial charge in [0.1, 0.15) is 5.75 Å². The summed E-state index contributed by atoms with van der Waals surface area (Å²) in [5, 5.41) is 5.68. The fourth-order valence-corrected chi connectivity index (χ4v) is 2.32. The molecule has 1 unspecified atom stereocenters. The van der Waals surface area contributed by atoms with Gasteiger partial charge in [-0.25, -0.2) is 4.99 Å². The Bertz CT molecular complexity index is 858. The van der Waals surface area contributed by atoms with Crippen LogP contribution in [-0.2, 0) is 6.54 Å². The predicted molar refractivity (Wildman–Crippen MR) is 121 cm³/mol. The fraction of sp³-hybridized carbons (Fsp3) is 0.300. The highest BCUT2D eigenvalue weighted by atomic mass is 127. The summed E-state index contributed by atoms with van der Waals surface area (Å²) in [6.07, 6.45) is -3.91. The molecule has 10 heteroatoms. The Labute approximate surface area is 190 Å². The number of alkyl halides is 3. The van der Waals surface area contributed by atoms with Gasteiger partial charge < -0.3 is 21.1 Å². The summed E-state index contributed by atoms with van der Waals surface area (Å²) in [5.74, 6) is -0.396. The molecule has 0 fully saturated rings. The van der Waals surface area contributed by atoms with E-state index in [4.69, 9.17) is 5.73 Å². The maximum absolute atomic E-state index is 12.2. The maximum atomic E-state index is 12.2. The minimum Gasteiger partial charge on any atom is -0.406 e. The Balaban J connectivity index is 0.00000450. The van der Waals surface area contributed by atoms with E-state index in [2.05, 4.69) is 20.4 Å². The lowest BCUT2D eigenvalue weighted by Crippen LogP contribution is -2.31. The van der Waals surface area contributed by atoms with Crippen LogP contribution in [0.15, 0.2) is 53.5 Å². The van der Waals surface area contributed by atoms with Crippen LogP contribution in [-0.4, -0.2) is 24.3 Å². The van der Waals surface area contributed by atoms with E-state index in [9.17, 15) is 18.0 Å². The Kier molecular flexibility index (Phi) is 9.90. The second-order valence-electron chi connectivity index (χ2n) is 6.38. The van der Waals surface area contributed by atoms with Crippen LogP contribution in [0.5, 0.6) is 5.75 Å². The molecule has 0 aliphatic rings. The fourth-order valence-electron chi connectivity index (χ4n) is 2.32. The first-order valence-corrected chi connectivity index (χ1v) is 8.99. The van der Waals surface area contributed by atoms with Gasteiger partial charge in [-0.3, -0.25) is 4.79 Å². The van der Waals surface area contributed by atoms with Gasteiger partial charge in [-0.05, 0) is 55.3 Å². The van der Waals surface area contributed by atoms with Crippen LogP contribution in [0.1, 0.15) is 36.2 Å². The summed E-state index contributed by atoms with van der Waals surface area (Å²) in [5.41, 5.74) is 7.61. The number of benzene rings is 2. The minimum absolute atomic E-state index is 0. The first-order valence-electron chi connectivity index (χ1n) is 8.99. The molecular formula is C20H24F3IN4O2. The number of carbonyl (C=O) groups is 1. The number of nitrogens with one attached hydrogen (secondary N) is 2. The largest absolute Gasteiger partial charge is 0.573 e. The number of halogens is 4. The van der Waals surface area contributed by atoms with Crippen molar-refractivity contribution in [3.63, 3.8) is 0 Å². The van der Waals surface area contributed by atoms with Crippen molar-refractivity contribution in [2.24, 2.45) is 10.7 Å². The third kappa shape index (κ3) is 8.89. The minimum atomic E-state index is -4.74. The zero-order valence-electron chi connectivity index (χ0n) is 16.5. The quantitative estimate of drug-likeness (QED) is 0.273. The summed E-state index contributed by atoms with van der Waals surface area (Å²) < 4.78 is 40.3. The molecule has 0 aliphatic carbocycles. The smallest absolute Gasteiger partial charge is 0.406 e. The number of anilines is 1. The van der Waals surface area contributed by atoms with Crippen LogP contribution < -0.4 is 21.1 Å². The molecule has 0 aromatic heterocycles. The van der Waals surface area contributed by atoms with Crippen molar-refractivity contribution in [1.29, 1.82) is 0 Å². The lowest BCUT2D eigenvalue weighted by molar-refractivity contribution is -0.274. The van der Waals surface area contributed by atoms with Gasteiger partial charge in [0.15, 0.2) is 5.96 Å². The molecule has 4 N–H and O–H groups in total. The van der Waals surface area contributed by atoms with Crippen LogP contribution in [0.25, 0.3) is 0 Å². The number of hydrogen-bond donors (Lipinski definition) is 3. The van der Waals surface area contributed by atoms with Gasteiger partial charge in [0.05, 0.1) is 6.54 Å². The summed E-state index contributed by atoms with van der Waals surface area (Å²) in [7, 11) is 0. The normalized spacial score (nSPS) is 12.5. The number of hydrogen-bond acceptors (Lipinski definition) is 3. The Morgan fingerprint density at radius 2 is 1.87 bits per heavy atom. The molecule has 0 aliphatic heterocycles.